The molecule has 100 valence electrons. The lowest BCUT2D eigenvalue weighted by Crippen LogP contribution is -2.27. The van der Waals surface area contributed by atoms with Crippen molar-refractivity contribution in [3.63, 3.8) is 0 Å². The van der Waals surface area contributed by atoms with Crippen molar-refractivity contribution in [1.82, 2.24) is 5.32 Å². The van der Waals surface area contributed by atoms with E-state index in [4.69, 9.17) is 0 Å². The second kappa shape index (κ2) is 5.43. The molecule has 1 atom stereocenters. The maximum absolute atomic E-state index is 13.9. The third-order valence-corrected chi connectivity index (χ3v) is 4.68. The Morgan fingerprint density at radius 3 is 2.89 bits per heavy atom. The molecule has 1 aromatic carbocycles. The third-order valence-electron chi connectivity index (χ3n) is 3.77. The van der Waals surface area contributed by atoms with Crippen molar-refractivity contribution in [2.75, 3.05) is 0 Å². The van der Waals surface area contributed by atoms with E-state index in [2.05, 4.69) is 12.2 Å². The van der Waals surface area contributed by atoms with Crippen LogP contribution in [-0.2, 0) is 6.54 Å². The number of hydrogen-bond acceptors (Lipinski definition) is 2. The van der Waals surface area contributed by atoms with Gasteiger partial charge in [-0.3, -0.25) is 0 Å². The highest BCUT2D eigenvalue weighted by molar-refractivity contribution is 7.13. The Kier molecular flexibility index (Phi) is 3.67. The molecule has 1 nitrogen and oxygen atoms in total. The number of benzene rings is 1. The highest BCUT2D eigenvalue weighted by Gasteiger charge is 2.27. The van der Waals surface area contributed by atoms with Gasteiger partial charge >= 0.3 is 0 Å². The van der Waals surface area contributed by atoms with Crippen LogP contribution >= 0.6 is 11.3 Å². The summed E-state index contributed by atoms with van der Waals surface area (Å²) in [6.07, 6.45) is 2.69. The van der Waals surface area contributed by atoms with E-state index in [1.807, 2.05) is 29.6 Å². The normalized spacial score (nSPS) is 16.5. The van der Waals surface area contributed by atoms with E-state index in [-0.39, 0.29) is 5.82 Å². The van der Waals surface area contributed by atoms with Crippen LogP contribution in [0.4, 0.5) is 4.39 Å². The molecule has 0 aliphatic heterocycles. The van der Waals surface area contributed by atoms with E-state index in [1.165, 1.54) is 12.8 Å². The van der Waals surface area contributed by atoms with E-state index >= 15 is 0 Å². The summed E-state index contributed by atoms with van der Waals surface area (Å²) in [4.78, 5) is 0.995. The molecule has 0 amide bonds. The number of rotatable bonds is 5. The molecule has 0 spiro atoms. The lowest BCUT2D eigenvalue weighted by molar-refractivity contribution is 0.496. The monoisotopic (exact) mass is 275 g/mol. The van der Waals surface area contributed by atoms with Crippen LogP contribution in [0.2, 0.25) is 0 Å². The molecule has 19 heavy (non-hydrogen) atoms. The first kappa shape index (κ1) is 12.8. The van der Waals surface area contributed by atoms with Crippen LogP contribution in [0, 0.1) is 11.7 Å². The first-order valence-corrected chi connectivity index (χ1v) is 7.67. The molecule has 1 fully saturated rings. The zero-order chi connectivity index (χ0) is 13.2. The van der Waals surface area contributed by atoms with E-state index in [0.717, 1.165) is 22.9 Å². The van der Waals surface area contributed by atoms with Crippen LogP contribution in [0.1, 0.15) is 25.3 Å². The summed E-state index contributed by atoms with van der Waals surface area (Å²) >= 11 is 1.58. The Labute approximate surface area is 117 Å². The lowest BCUT2D eigenvalue weighted by atomic mass is 10.1. The molecule has 1 aliphatic rings. The summed E-state index contributed by atoms with van der Waals surface area (Å²) in [6, 6.07) is 9.91. The van der Waals surface area contributed by atoms with Gasteiger partial charge in [0.25, 0.3) is 0 Å². The van der Waals surface area contributed by atoms with Gasteiger partial charge in [0, 0.05) is 23.0 Å². The largest absolute Gasteiger partial charge is 0.310 e. The van der Waals surface area contributed by atoms with Crippen LogP contribution in [0.15, 0.2) is 35.7 Å². The molecule has 3 rings (SSSR count). The zero-order valence-electron chi connectivity index (χ0n) is 11.0. The Balaban J connectivity index is 1.73. The highest BCUT2D eigenvalue weighted by atomic mass is 32.1. The molecule has 1 saturated carbocycles. The van der Waals surface area contributed by atoms with E-state index in [1.54, 1.807) is 17.4 Å². The molecule has 2 aromatic rings. The number of halogens is 1. The van der Waals surface area contributed by atoms with Gasteiger partial charge in [-0.05, 0) is 54.8 Å². The first-order chi connectivity index (χ1) is 9.24. The predicted octanol–water partition coefficient (Wildman–Crippen LogP) is 4.44. The molecule has 1 aromatic heterocycles. The van der Waals surface area contributed by atoms with Crippen molar-refractivity contribution in [3.8, 4) is 10.4 Å². The van der Waals surface area contributed by atoms with Crippen molar-refractivity contribution >= 4 is 11.3 Å². The minimum atomic E-state index is -0.138. The van der Waals surface area contributed by atoms with Gasteiger partial charge < -0.3 is 5.32 Å². The first-order valence-electron chi connectivity index (χ1n) is 6.80. The summed E-state index contributed by atoms with van der Waals surface area (Å²) in [5, 5.41) is 5.51. The van der Waals surface area contributed by atoms with Crippen LogP contribution in [-0.4, -0.2) is 6.04 Å². The van der Waals surface area contributed by atoms with Crippen LogP contribution in [0.3, 0.4) is 0 Å². The fourth-order valence-electron chi connectivity index (χ4n) is 2.34. The van der Waals surface area contributed by atoms with Crippen molar-refractivity contribution in [1.29, 1.82) is 0 Å². The molecule has 0 saturated heterocycles. The average Bonchev–Trinajstić information content (AvgIpc) is 3.13. The van der Waals surface area contributed by atoms with Gasteiger partial charge in [0.1, 0.15) is 5.82 Å². The summed E-state index contributed by atoms with van der Waals surface area (Å²) in [6.45, 7) is 3.05. The van der Waals surface area contributed by atoms with Crippen LogP contribution in [0.5, 0.6) is 0 Å². The van der Waals surface area contributed by atoms with E-state index in [0.29, 0.717) is 11.6 Å². The highest BCUT2D eigenvalue weighted by Crippen LogP contribution is 2.32. The number of hydrogen-bond donors (Lipinski definition) is 1. The fraction of sp³-hybridized carbons (Fsp3) is 0.375. The van der Waals surface area contributed by atoms with Crippen molar-refractivity contribution in [2.24, 2.45) is 5.92 Å². The molecule has 0 radical (unpaired) electrons. The second-order valence-electron chi connectivity index (χ2n) is 5.30. The van der Waals surface area contributed by atoms with Gasteiger partial charge in [-0.2, -0.15) is 0 Å². The topological polar surface area (TPSA) is 12.0 Å². The quantitative estimate of drug-likeness (QED) is 0.850. The summed E-state index contributed by atoms with van der Waals surface area (Å²) in [7, 11) is 0. The minimum Gasteiger partial charge on any atom is -0.310 e. The SMILES string of the molecule is CC(NCc1ccc(F)c(-c2cccs2)c1)C1CC1. The molecular formula is C16H18FNS. The van der Waals surface area contributed by atoms with Crippen LogP contribution < -0.4 is 5.32 Å². The second-order valence-corrected chi connectivity index (χ2v) is 6.25. The van der Waals surface area contributed by atoms with Gasteiger partial charge in [0.2, 0.25) is 0 Å². The standard InChI is InChI=1S/C16H18FNS/c1-11(13-5-6-13)18-10-12-4-7-15(17)14(9-12)16-3-2-8-19-16/h2-4,7-9,11,13,18H,5-6,10H2,1H3. The van der Waals surface area contributed by atoms with Gasteiger partial charge in [-0.15, -0.1) is 11.3 Å². The summed E-state index contributed by atoms with van der Waals surface area (Å²) in [5.41, 5.74) is 1.87. The molecule has 3 heteroatoms. The van der Waals surface area contributed by atoms with Crippen molar-refractivity contribution in [3.05, 3.63) is 47.1 Å². The average molecular weight is 275 g/mol. The van der Waals surface area contributed by atoms with Gasteiger partial charge in [-0.1, -0.05) is 12.1 Å². The zero-order valence-corrected chi connectivity index (χ0v) is 11.8. The number of nitrogens with one attached hydrogen (secondary N) is 1. The van der Waals surface area contributed by atoms with Gasteiger partial charge in [-0.25, -0.2) is 4.39 Å². The minimum absolute atomic E-state index is 0.138. The van der Waals surface area contributed by atoms with Gasteiger partial charge in [0.15, 0.2) is 0 Å². The molecule has 1 unspecified atom stereocenters. The van der Waals surface area contributed by atoms with E-state index in [9.17, 15) is 4.39 Å². The lowest BCUT2D eigenvalue weighted by Gasteiger charge is -2.13. The van der Waals surface area contributed by atoms with Gasteiger partial charge in [0.05, 0.1) is 0 Å². The Morgan fingerprint density at radius 1 is 1.37 bits per heavy atom. The Morgan fingerprint density at radius 2 is 2.21 bits per heavy atom. The molecule has 1 N–H and O–H groups in total. The van der Waals surface area contributed by atoms with Crippen molar-refractivity contribution in [2.45, 2.75) is 32.4 Å². The maximum atomic E-state index is 13.9. The Bertz CT molecular complexity index is 546. The fourth-order valence-corrected chi connectivity index (χ4v) is 3.09. The molecular weight excluding hydrogens is 257 g/mol. The Hall–Kier alpha value is -1.19. The van der Waals surface area contributed by atoms with Crippen molar-refractivity contribution < 1.29 is 4.39 Å². The predicted molar refractivity (Wildman–Crippen MR) is 78.7 cm³/mol. The maximum Gasteiger partial charge on any atom is 0.131 e. The molecule has 1 aliphatic carbocycles. The summed E-state index contributed by atoms with van der Waals surface area (Å²) < 4.78 is 13.9. The number of thiophene rings is 1. The summed E-state index contributed by atoms with van der Waals surface area (Å²) in [5.74, 6) is 0.707. The van der Waals surface area contributed by atoms with Crippen LogP contribution in [0.25, 0.3) is 10.4 Å². The smallest absolute Gasteiger partial charge is 0.131 e. The van der Waals surface area contributed by atoms with E-state index < -0.39 is 0 Å². The third kappa shape index (κ3) is 3.04. The molecule has 1 heterocycles. The molecule has 0 bridgehead atoms.